The Hall–Kier alpha value is -0.270. The summed E-state index contributed by atoms with van der Waals surface area (Å²) in [6, 6.07) is 0. The lowest BCUT2D eigenvalue weighted by Crippen LogP contribution is -2.40. The van der Waals surface area contributed by atoms with Gasteiger partial charge in [0.05, 0.1) is 12.5 Å². The molecule has 0 amide bonds. The van der Waals surface area contributed by atoms with Crippen LogP contribution in [0.25, 0.3) is 0 Å². The molecule has 2 aliphatic rings. The average Bonchev–Trinajstić information content (AvgIpc) is 2.78. The van der Waals surface area contributed by atoms with E-state index in [9.17, 15) is 10.2 Å². The first-order chi connectivity index (χ1) is 6.74. The van der Waals surface area contributed by atoms with Crippen LogP contribution in [0.3, 0.4) is 0 Å². The molecule has 0 aromatic carbocycles. The van der Waals surface area contributed by atoms with E-state index in [1.807, 2.05) is 11.6 Å². The third-order valence-corrected chi connectivity index (χ3v) is 3.18. The molecule has 3 N–H and O–H groups in total. The Kier molecular flexibility index (Phi) is 2.99. The zero-order valence-electron chi connectivity index (χ0n) is 7.48. The SMILES string of the molecule is OC[C@H]1O[C@@H](N2C=CSC2)[C@H](O)[C@@H]1O. The zero-order chi connectivity index (χ0) is 10.1. The molecule has 1 fully saturated rings. The van der Waals surface area contributed by atoms with Crippen LogP contribution in [0.1, 0.15) is 0 Å². The third kappa shape index (κ3) is 1.64. The first kappa shape index (κ1) is 10.3. The van der Waals surface area contributed by atoms with Crippen molar-refractivity contribution in [1.82, 2.24) is 4.90 Å². The molecule has 2 aliphatic heterocycles. The van der Waals surface area contributed by atoms with Crippen molar-refractivity contribution < 1.29 is 20.1 Å². The number of hydrogen-bond acceptors (Lipinski definition) is 6. The molecule has 0 aromatic heterocycles. The first-order valence-electron chi connectivity index (χ1n) is 4.40. The van der Waals surface area contributed by atoms with Gasteiger partial charge in [-0.1, -0.05) is 0 Å². The van der Waals surface area contributed by atoms with Crippen LogP contribution >= 0.6 is 11.8 Å². The highest BCUT2D eigenvalue weighted by atomic mass is 32.2. The van der Waals surface area contributed by atoms with Crippen molar-refractivity contribution in [3.8, 4) is 0 Å². The van der Waals surface area contributed by atoms with Crippen LogP contribution in [0.15, 0.2) is 11.6 Å². The van der Waals surface area contributed by atoms with Gasteiger partial charge in [0.2, 0.25) is 0 Å². The second-order valence-electron chi connectivity index (χ2n) is 3.32. The van der Waals surface area contributed by atoms with Crippen molar-refractivity contribution in [1.29, 1.82) is 0 Å². The fourth-order valence-corrected chi connectivity index (χ4v) is 2.34. The van der Waals surface area contributed by atoms with Crippen LogP contribution in [0.2, 0.25) is 0 Å². The van der Waals surface area contributed by atoms with E-state index in [1.165, 1.54) is 0 Å². The van der Waals surface area contributed by atoms with Crippen LogP contribution in [0.5, 0.6) is 0 Å². The highest BCUT2D eigenvalue weighted by Crippen LogP contribution is 2.28. The summed E-state index contributed by atoms with van der Waals surface area (Å²) < 4.78 is 5.33. The Morgan fingerprint density at radius 3 is 2.71 bits per heavy atom. The molecule has 5 nitrogen and oxygen atoms in total. The smallest absolute Gasteiger partial charge is 0.159 e. The van der Waals surface area contributed by atoms with E-state index in [1.54, 1.807) is 16.7 Å². The van der Waals surface area contributed by atoms with Gasteiger partial charge in [-0.3, -0.25) is 0 Å². The second kappa shape index (κ2) is 4.08. The van der Waals surface area contributed by atoms with Crippen LogP contribution in [0.4, 0.5) is 0 Å². The number of rotatable bonds is 2. The molecule has 0 aromatic rings. The first-order valence-corrected chi connectivity index (χ1v) is 5.45. The molecular formula is C8H13NO4S. The highest BCUT2D eigenvalue weighted by molar-refractivity contribution is 8.02. The summed E-state index contributed by atoms with van der Waals surface area (Å²) in [5, 5.41) is 29.9. The molecule has 6 heteroatoms. The lowest BCUT2D eigenvalue weighted by molar-refractivity contribution is -0.0728. The zero-order valence-corrected chi connectivity index (χ0v) is 8.30. The molecule has 2 rings (SSSR count). The van der Waals surface area contributed by atoms with Crippen LogP contribution in [-0.4, -0.2) is 57.2 Å². The van der Waals surface area contributed by atoms with Gasteiger partial charge in [0.1, 0.15) is 18.3 Å². The lowest BCUT2D eigenvalue weighted by atomic mass is 10.1. The predicted octanol–water partition coefficient (Wildman–Crippen LogP) is -1.10. The van der Waals surface area contributed by atoms with Crippen molar-refractivity contribution in [3.63, 3.8) is 0 Å². The van der Waals surface area contributed by atoms with E-state index in [2.05, 4.69) is 0 Å². The molecule has 1 saturated heterocycles. The molecule has 2 heterocycles. The van der Waals surface area contributed by atoms with Crippen LogP contribution in [0, 0.1) is 0 Å². The maximum absolute atomic E-state index is 9.65. The lowest BCUT2D eigenvalue weighted by Gasteiger charge is -2.25. The van der Waals surface area contributed by atoms with E-state index < -0.39 is 24.5 Å². The molecule has 0 aliphatic carbocycles. The average molecular weight is 219 g/mol. The number of hydrogen-bond donors (Lipinski definition) is 3. The largest absolute Gasteiger partial charge is 0.394 e. The van der Waals surface area contributed by atoms with E-state index >= 15 is 0 Å². The molecule has 80 valence electrons. The van der Waals surface area contributed by atoms with Gasteiger partial charge in [-0.25, -0.2) is 0 Å². The molecule has 0 unspecified atom stereocenters. The molecular weight excluding hydrogens is 206 g/mol. The molecule has 14 heavy (non-hydrogen) atoms. The number of ether oxygens (including phenoxy) is 1. The molecule has 0 bridgehead atoms. The van der Waals surface area contributed by atoms with E-state index in [0.717, 1.165) is 0 Å². The third-order valence-electron chi connectivity index (χ3n) is 2.42. The Morgan fingerprint density at radius 2 is 2.21 bits per heavy atom. The summed E-state index contributed by atoms with van der Waals surface area (Å²) in [6.07, 6.45) is -1.40. The van der Waals surface area contributed by atoms with Gasteiger partial charge in [-0.15, -0.1) is 11.8 Å². The highest BCUT2D eigenvalue weighted by Gasteiger charge is 2.44. The van der Waals surface area contributed by atoms with Gasteiger partial charge >= 0.3 is 0 Å². The summed E-state index contributed by atoms with van der Waals surface area (Å²) in [5.74, 6) is 0.701. The standard InChI is InChI=1S/C8H13NO4S/c10-3-5-6(11)7(12)8(13-5)9-1-2-14-4-9/h1-2,5-8,10-12H,3-4H2/t5-,6-,7-,8-/m1/s1. The summed E-state index contributed by atoms with van der Waals surface area (Å²) in [6.45, 7) is -0.278. The van der Waals surface area contributed by atoms with Gasteiger partial charge in [0, 0.05) is 6.20 Å². The minimum Gasteiger partial charge on any atom is -0.394 e. The van der Waals surface area contributed by atoms with Gasteiger partial charge < -0.3 is 25.0 Å². The fraction of sp³-hybridized carbons (Fsp3) is 0.750. The maximum Gasteiger partial charge on any atom is 0.159 e. The Morgan fingerprint density at radius 1 is 1.43 bits per heavy atom. The van der Waals surface area contributed by atoms with Crippen molar-refractivity contribution >= 4 is 11.8 Å². The second-order valence-corrected chi connectivity index (χ2v) is 4.19. The quantitative estimate of drug-likeness (QED) is 0.548. The van der Waals surface area contributed by atoms with Gasteiger partial charge in [0.15, 0.2) is 6.23 Å². The number of aliphatic hydroxyl groups excluding tert-OH is 3. The monoisotopic (exact) mass is 219 g/mol. The van der Waals surface area contributed by atoms with Gasteiger partial charge in [0.25, 0.3) is 0 Å². The van der Waals surface area contributed by atoms with E-state index in [-0.39, 0.29) is 6.61 Å². The topological polar surface area (TPSA) is 73.2 Å². The summed E-state index contributed by atoms with van der Waals surface area (Å²) in [7, 11) is 0. The van der Waals surface area contributed by atoms with Crippen LogP contribution in [-0.2, 0) is 4.74 Å². The van der Waals surface area contributed by atoms with E-state index in [0.29, 0.717) is 5.88 Å². The van der Waals surface area contributed by atoms with Gasteiger partial charge in [-0.2, -0.15) is 0 Å². The maximum atomic E-state index is 9.65. The minimum absolute atomic E-state index is 0.278. The van der Waals surface area contributed by atoms with Crippen molar-refractivity contribution in [3.05, 3.63) is 11.6 Å². The number of aliphatic hydroxyl groups is 3. The fourth-order valence-electron chi connectivity index (χ4n) is 1.61. The van der Waals surface area contributed by atoms with Crippen molar-refractivity contribution in [2.75, 3.05) is 12.5 Å². The normalized spacial score (nSPS) is 42.4. The molecule has 4 atom stereocenters. The summed E-state index contributed by atoms with van der Waals surface area (Å²) >= 11 is 1.59. The molecule has 0 radical (unpaired) electrons. The van der Waals surface area contributed by atoms with Crippen LogP contribution < -0.4 is 0 Å². The Balaban J connectivity index is 2.03. The molecule has 0 saturated carbocycles. The number of nitrogens with zero attached hydrogens (tertiary/aromatic N) is 1. The van der Waals surface area contributed by atoms with Crippen molar-refractivity contribution in [2.24, 2.45) is 0 Å². The molecule has 0 spiro atoms. The minimum atomic E-state index is -1.01. The van der Waals surface area contributed by atoms with Crippen molar-refractivity contribution in [2.45, 2.75) is 24.5 Å². The predicted molar refractivity (Wildman–Crippen MR) is 51.2 cm³/mol. The Bertz CT molecular complexity index is 237. The van der Waals surface area contributed by atoms with E-state index in [4.69, 9.17) is 9.84 Å². The number of thioether (sulfide) groups is 1. The summed E-state index contributed by atoms with van der Waals surface area (Å²) in [4.78, 5) is 1.80. The Labute approximate surface area is 86.0 Å². The van der Waals surface area contributed by atoms with Gasteiger partial charge in [-0.05, 0) is 5.41 Å². The summed E-state index contributed by atoms with van der Waals surface area (Å²) in [5.41, 5.74) is 0.